The van der Waals surface area contributed by atoms with E-state index in [0.29, 0.717) is 6.04 Å². The molecule has 0 aliphatic heterocycles. The highest BCUT2D eigenvalue weighted by atomic mass is 32.1. The zero-order valence-electron chi connectivity index (χ0n) is 14.7. The Morgan fingerprint density at radius 2 is 2.00 bits per heavy atom. The van der Waals surface area contributed by atoms with Gasteiger partial charge in [-0.25, -0.2) is 4.98 Å². The molecule has 136 valence electrons. The van der Waals surface area contributed by atoms with Crippen molar-refractivity contribution in [2.45, 2.75) is 25.3 Å². The lowest BCUT2D eigenvalue weighted by Gasteiger charge is -2.21. The Morgan fingerprint density at radius 3 is 2.74 bits per heavy atom. The summed E-state index contributed by atoms with van der Waals surface area (Å²) in [5, 5.41) is 4.13. The molecular formula is C21H19N3OS2. The van der Waals surface area contributed by atoms with Gasteiger partial charge in [0.25, 0.3) is 5.91 Å². The third-order valence-electron chi connectivity index (χ3n) is 4.94. The number of carbonyl (C=O) groups is 1. The van der Waals surface area contributed by atoms with Crippen molar-refractivity contribution in [3.05, 3.63) is 70.0 Å². The number of fused-ring (bicyclic) bond motifs is 1. The molecule has 0 bridgehead atoms. The summed E-state index contributed by atoms with van der Waals surface area (Å²) in [5.41, 5.74) is 3.35. The van der Waals surface area contributed by atoms with Crippen LogP contribution in [0.2, 0.25) is 0 Å². The van der Waals surface area contributed by atoms with E-state index in [1.54, 1.807) is 11.3 Å². The SMILES string of the molecule is O=C(c1cccs1)N(CCc1csc2nc(-c3ccccc3)cn12)C1CC1. The number of thiophene rings is 1. The monoisotopic (exact) mass is 393 g/mol. The highest BCUT2D eigenvalue weighted by Crippen LogP contribution is 2.30. The Bertz CT molecular complexity index is 1060. The van der Waals surface area contributed by atoms with Crippen molar-refractivity contribution in [3.63, 3.8) is 0 Å². The molecule has 1 amide bonds. The molecule has 0 spiro atoms. The second-order valence-corrected chi connectivity index (χ2v) is 8.61. The Morgan fingerprint density at radius 1 is 1.15 bits per heavy atom. The van der Waals surface area contributed by atoms with E-state index in [1.807, 2.05) is 35.7 Å². The van der Waals surface area contributed by atoms with Gasteiger partial charge in [-0.2, -0.15) is 0 Å². The first-order valence-electron chi connectivity index (χ1n) is 9.15. The predicted molar refractivity (Wildman–Crippen MR) is 111 cm³/mol. The van der Waals surface area contributed by atoms with E-state index in [4.69, 9.17) is 4.98 Å². The molecule has 1 saturated carbocycles. The number of rotatable bonds is 6. The summed E-state index contributed by atoms with van der Waals surface area (Å²) in [7, 11) is 0. The topological polar surface area (TPSA) is 37.6 Å². The zero-order chi connectivity index (χ0) is 18.2. The van der Waals surface area contributed by atoms with E-state index >= 15 is 0 Å². The summed E-state index contributed by atoms with van der Waals surface area (Å²) >= 11 is 3.19. The molecule has 3 aromatic heterocycles. The van der Waals surface area contributed by atoms with Crippen LogP contribution in [0, 0.1) is 0 Å². The lowest BCUT2D eigenvalue weighted by molar-refractivity contribution is 0.0749. The average molecular weight is 394 g/mol. The minimum Gasteiger partial charge on any atom is -0.335 e. The first kappa shape index (κ1) is 16.7. The van der Waals surface area contributed by atoms with Crippen LogP contribution in [-0.4, -0.2) is 32.8 Å². The molecule has 0 radical (unpaired) electrons. The molecular weight excluding hydrogens is 374 g/mol. The van der Waals surface area contributed by atoms with Crippen molar-refractivity contribution in [1.29, 1.82) is 0 Å². The molecule has 0 N–H and O–H groups in total. The molecule has 3 heterocycles. The standard InChI is InChI=1S/C21H19N3OS2/c25-20(19-7-4-12-26-19)23(16-8-9-16)11-10-17-14-27-21-22-18(13-24(17)21)15-5-2-1-3-6-15/h1-7,12-14,16H,8-11H2. The molecule has 0 atom stereocenters. The largest absolute Gasteiger partial charge is 0.335 e. The lowest BCUT2D eigenvalue weighted by Crippen LogP contribution is -2.34. The van der Waals surface area contributed by atoms with Gasteiger partial charge in [0.1, 0.15) is 0 Å². The maximum Gasteiger partial charge on any atom is 0.264 e. The number of amides is 1. The number of hydrogen-bond donors (Lipinski definition) is 0. The van der Waals surface area contributed by atoms with Gasteiger partial charge < -0.3 is 4.90 Å². The molecule has 4 nitrogen and oxygen atoms in total. The summed E-state index contributed by atoms with van der Waals surface area (Å²) in [4.78, 5) is 21.5. The molecule has 1 fully saturated rings. The molecule has 4 aromatic rings. The summed E-state index contributed by atoms with van der Waals surface area (Å²) in [6, 6.07) is 14.5. The van der Waals surface area contributed by atoms with Crippen molar-refractivity contribution in [2.24, 2.45) is 0 Å². The zero-order valence-corrected chi connectivity index (χ0v) is 16.4. The van der Waals surface area contributed by atoms with Gasteiger partial charge in [0.15, 0.2) is 4.96 Å². The van der Waals surface area contributed by atoms with Crippen LogP contribution in [-0.2, 0) is 6.42 Å². The number of benzene rings is 1. The van der Waals surface area contributed by atoms with Gasteiger partial charge in [0.05, 0.1) is 10.6 Å². The fourth-order valence-corrected chi connectivity index (χ4v) is 4.96. The van der Waals surface area contributed by atoms with Crippen molar-refractivity contribution in [2.75, 3.05) is 6.54 Å². The maximum absolute atomic E-state index is 12.8. The molecule has 1 aliphatic rings. The molecule has 1 aromatic carbocycles. The fraction of sp³-hybridized carbons (Fsp3) is 0.238. The van der Waals surface area contributed by atoms with Crippen LogP contribution >= 0.6 is 22.7 Å². The lowest BCUT2D eigenvalue weighted by atomic mass is 10.2. The Hall–Kier alpha value is -2.44. The number of nitrogens with zero attached hydrogens (tertiary/aromatic N) is 3. The summed E-state index contributed by atoms with van der Waals surface area (Å²) in [6.07, 6.45) is 5.20. The van der Waals surface area contributed by atoms with Gasteiger partial charge in [0, 0.05) is 41.8 Å². The van der Waals surface area contributed by atoms with Crippen molar-refractivity contribution in [1.82, 2.24) is 14.3 Å². The number of aromatic nitrogens is 2. The summed E-state index contributed by atoms with van der Waals surface area (Å²) in [6.45, 7) is 0.756. The van der Waals surface area contributed by atoms with E-state index in [9.17, 15) is 4.79 Å². The van der Waals surface area contributed by atoms with Crippen molar-refractivity contribution < 1.29 is 4.79 Å². The molecule has 0 unspecified atom stereocenters. The number of carbonyl (C=O) groups excluding carboxylic acids is 1. The summed E-state index contributed by atoms with van der Waals surface area (Å²) < 4.78 is 2.17. The molecule has 1 aliphatic carbocycles. The van der Waals surface area contributed by atoms with Crippen LogP contribution in [0.5, 0.6) is 0 Å². The van der Waals surface area contributed by atoms with Crippen LogP contribution in [0.25, 0.3) is 16.2 Å². The van der Waals surface area contributed by atoms with Gasteiger partial charge in [0.2, 0.25) is 0 Å². The normalized spacial score (nSPS) is 13.9. The van der Waals surface area contributed by atoms with E-state index < -0.39 is 0 Å². The quantitative estimate of drug-likeness (QED) is 0.464. The first-order chi connectivity index (χ1) is 13.3. The van der Waals surface area contributed by atoms with Crippen LogP contribution in [0.4, 0.5) is 0 Å². The van der Waals surface area contributed by atoms with Crippen molar-refractivity contribution in [3.8, 4) is 11.3 Å². The third kappa shape index (κ3) is 3.31. The number of hydrogen-bond acceptors (Lipinski definition) is 4. The number of imidazole rings is 1. The van der Waals surface area contributed by atoms with Crippen molar-refractivity contribution >= 4 is 33.5 Å². The second-order valence-electron chi connectivity index (χ2n) is 6.83. The Labute approximate surface area is 165 Å². The highest BCUT2D eigenvalue weighted by molar-refractivity contribution is 7.15. The number of thiazole rings is 1. The first-order valence-corrected chi connectivity index (χ1v) is 10.9. The Kier molecular flexibility index (Phi) is 4.30. The minimum absolute atomic E-state index is 0.176. The summed E-state index contributed by atoms with van der Waals surface area (Å²) in [5.74, 6) is 0.176. The van der Waals surface area contributed by atoms with Gasteiger partial charge in [-0.15, -0.1) is 22.7 Å². The van der Waals surface area contributed by atoms with Gasteiger partial charge in [-0.1, -0.05) is 36.4 Å². The van der Waals surface area contributed by atoms with Crippen LogP contribution in [0.15, 0.2) is 59.4 Å². The third-order valence-corrected chi connectivity index (χ3v) is 6.69. The Balaban J connectivity index is 1.36. The van der Waals surface area contributed by atoms with Crippen LogP contribution in [0.1, 0.15) is 28.2 Å². The predicted octanol–water partition coefficient (Wildman–Crippen LogP) is 4.97. The average Bonchev–Trinajstić information content (AvgIpc) is 3.11. The highest BCUT2D eigenvalue weighted by Gasteiger charge is 2.33. The fourth-order valence-electron chi connectivity index (χ4n) is 3.37. The van der Waals surface area contributed by atoms with Crippen LogP contribution < -0.4 is 0 Å². The smallest absolute Gasteiger partial charge is 0.264 e. The van der Waals surface area contributed by atoms with Gasteiger partial charge in [-0.3, -0.25) is 9.20 Å². The van der Waals surface area contributed by atoms with E-state index in [1.165, 1.54) is 17.0 Å². The van der Waals surface area contributed by atoms with Gasteiger partial charge >= 0.3 is 0 Å². The van der Waals surface area contributed by atoms with E-state index in [-0.39, 0.29) is 5.91 Å². The van der Waals surface area contributed by atoms with E-state index in [0.717, 1.165) is 46.9 Å². The van der Waals surface area contributed by atoms with Gasteiger partial charge in [-0.05, 0) is 24.3 Å². The minimum atomic E-state index is 0.176. The maximum atomic E-state index is 12.8. The molecule has 27 heavy (non-hydrogen) atoms. The van der Waals surface area contributed by atoms with Crippen LogP contribution in [0.3, 0.4) is 0 Å². The molecule has 6 heteroatoms. The second kappa shape index (κ2) is 6.94. The molecule has 0 saturated heterocycles. The van der Waals surface area contributed by atoms with E-state index in [2.05, 4.69) is 33.0 Å². The molecule has 5 rings (SSSR count).